The van der Waals surface area contributed by atoms with Crippen molar-refractivity contribution in [2.75, 3.05) is 18.5 Å². The highest BCUT2D eigenvalue weighted by Crippen LogP contribution is 2.20. The maximum Gasteiger partial charge on any atom is 0.291 e. The standard InChI is InChI=1S/C17H17IN2O4/c18-11-5-6-14(20-17(22)15-4-2-8-24-15)13(9-11)16(21)19-10-12-3-1-7-23-12/h2,4-6,8-9,12H,1,3,7,10H2,(H,19,21)(H,20,22)/t12-/m1/s1. The predicted octanol–water partition coefficient (Wildman–Crippen LogP) is 3.05. The monoisotopic (exact) mass is 440 g/mol. The fourth-order valence-electron chi connectivity index (χ4n) is 2.51. The number of carbonyl (C=O) groups is 2. The number of ether oxygens (including phenoxy) is 1. The van der Waals surface area contributed by atoms with Crippen LogP contribution in [0.1, 0.15) is 33.8 Å². The van der Waals surface area contributed by atoms with Gasteiger partial charge in [-0.25, -0.2) is 0 Å². The number of carbonyl (C=O) groups excluding carboxylic acids is 2. The Balaban J connectivity index is 1.72. The van der Waals surface area contributed by atoms with E-state index in [0.29, 0.717) is 17.8 Å². The molecule has 0 unspecified atom stereocenters. The Morgan fingerprint density at radius 3 is 2.83 bits per heavy atom. The van der Waals surface area contributed by atoms with Gasteiger partial charge in [-0.2, -0.15) is 0 Å². The highest BCUT2D eigenvalue weighted by atomic mass is 127. The number of hydrogen-bond acceptors (Lipinski definition) is 4. The molecule has 1 aromatic heterocycles. The Morgan fingerprint density at radius 2 is 2.12 bits per heavy atom. The molecular formula is C17H17IN2O4. The van der Waals surface area contributed by atoms with Gasteiger partial charge in [0.2, 0.25) is 0 Å². The molecule has 1 aliphatic heterocycles. The van der Waals surface area contributed by atoms with Crippen LogP contribution >= 0.6 is 22.6 Å². The molecule has 0 saturated carbocycles. The second-order valence-corrected chi connectivity index (χ2v) is 6.71. The highest BCUT2D eigenvalue weighted by Gasteiger charge is 2.19. The van der Waals surface area contributed by atoms with Crippen LogP contribution in [-0.2, 0) is 4.74 Å². The van der Waals surface area contributed by atoms with E-state index in [2.05, 4.69) is 33.2 Å². The first-order valence-electron chi connectivity index (χ1n) is 7.67. The molecule has 126 valence electrons. The van der Waals surface area contributed by atoms with Gasteiger partial charge in [-0.05, 0) is 65.8 Å². The van der Waals surface area contributed by atoms with Gasteiger partial charge < -0.3 is 19.8 Å². The van der Waals surface area contributed by atoms with Crippen molar-refractivity contribution in [2.24, 2.45) is 0 Å². The molecule has 0 bridgehead atoms. The van der Waals surface area contributed by atoms with Gasteiger partial charge in [0.05, 0.1) is 23.6 Å². The fourth-order valence-corrected chi connectivity index (χ4v) is 3.00. The smallest absolute Gasteiger partial charge is 0.291 e. The van der Waals surface area contributed by atoms with E-state index in [1.807, 2.05) is 6.07 Å². The van der Waals surface area contributed by atoms with Crippen LogP contribution in [-0.4, -0.2) is 31.1 Å². The summed E-state index contributed by atoms with van der Waals surface area (Å²) in [6, 6.07) is 8.49. The molecule has 1 aliphatic rings. The van der Waals surface area contributed by atoms with E-state index >= 15 is 0 Å². The van der Waals surface area contributed by atoms with E-state index in [1.165, 1.54) is 6.26 Å². The van der Waals surface area contributed by atoms with Crippen molar-refractivity contribution in [2.45, 2.75) is 18.9 Å². The summed E-state index contributed by atoms with van der Waals surface area (Å²) < 4.78 is 11.5. The Hall–Kier alpha value is -1.87. The van der Waals surface area contributed by atoms with Gasteiger partial charge in [-0.1, -0.05) is 0 Å². The summed E-state index contributed by atoms with van der Waals surface area (Å²) in [7, 11) is 0. The lowest BCUT2D eigenvalue weighted by atomic mass is 10.1. The third-order valence-electron chi connectivity index (χ3n) is 3.73. The quantitative estimate of drug-likeness (QED) is 0.701. The average Bonchev–Trinajstić information content (AvgIpc) is 3.27. The zero-order chi connectivity index (χ0) is 16.9. The SMILES string of the molecule is O=C(Nc1ccc(I)cc1C(=O)NC[C@H]1CCCO1)c1ccco1. The number of anilines is 1. The van der Waals surface area contributed by atoms with Gasteiger partial charge in [-0.3, -0.25) is 9.59 Å². The molecule has 24 heavy (non-hydrogen) atoms. The molecule has 1 atom stereocenters. The minimum atomic E-state index is -0.394. The van der Waals surface area contributed by atoms with Gasteiger partial charge in [-0.15, -0.1) is 0 Å². The molecule has 0 spiro atoms. The largest absolute Gasteiger partial charge is 0.459 e. The summed E-state index contributed by atoms with van der Waals surface area (Å²) in [6.45, 7) is 1.21. The van der Waals surface area contributed by atoms with Crippen LogP contribution in [0.25, 0.3) is 0 Å². The molecule has 0 aliphatic carbocycles. The molecule has 1 aromatic carbocycles. The number of amides is 2. The van der Waals surface area contributed by atoms with Gasteiger partial charge in [0.15, 0.2) is 5.76 Å². The third kappa shape index (κ3) is 4.15. The summed E-state index contributed by atoms with van der Waals surface area (Å²) in [5.41, 5.74) is 0.862. The molecule has 0 radical (unpaired) electrons. The predicted molar refractivity (Wildman–Crippen MR) is 97.1 cm³/mol. The van der Waals surface area contributed by atoms with Crippen molar-refractivity contribution in [3.8, 4) is 0 Å². The van der Waals surface area contributed by atoms with E-state index in [0.717, 1.165) is 23.0 Å². The maximum atomic E-state index is 12.5. The van der Waals surface area contributed by atoms with E-state index < -0.39 is 5.91 Å². The maximum absolute atomic E-state index is 12.5. The van der Waals surface area contributed by atoms with E-state index in [1.54, 1.807) is 24.3 Å². The first-order valence-corrected chi connectivity index (χ1v) is 8.75. The highest BCUT2D eigenvalue weighted by molar-refractivity contribution is 14.1. The number of nitrogens with one attached hydrogen (secondary N) is 2. The minimum absolute atomic E-state index is 0.0675. The van der Waals surface area contributed by atoms with Crippen LogP contribution < -0.4 is 10.6 Å². The average molecular weight is 440 g/mol. The molecule has 3 rings (SSSR count). The molecule has 2 aromatic rings. The van der Waals surface area contributed by atoms with Gasteiger partial charge in [0, 0.05) is 16.7 Å². The first-order chi connectivity index (χ1) is 11.6. The van der Waals surface area contributed by atoms with Crippen molar-refractivity contribution >= 4 is 40.1 Å². The fraction of sp³-hybridized carbons (Fsp3) is 0.294. The zero-order valence-electron chi connectivity index (χ0n) is 12.9. The van der Waals surface area contributed by atoms with Gasteiger partial charge in [0.1, 0.15) is 0 Å². The van der Waals surface area contributed by atoms with Crippen LogP contribution in [0.5, 0.6) is 0 Å². The second-order valence-electron chi connectivity index (χ2n) is 5.47. The van der Waals surface area contributed by atoms with E-state index in [9.17, 15) is 9.59 Å². The van der Waals surface area contributed by atoms with Crippen LogP contribution in [0.3, 0.4) is 0 Å². The number of hydrogen-bond donors (Lipinski definition) is 2. The number of halogens is 1. The molecule has 1 fully saturated rings. The van der Waals surface area contributed by atoms with Crippen molar-refractivity contribution in [1.82, 2.24) is 5.32 Å². The van der Waals surface area contributed by atoms with Crippen LogP contribution in [0, 0.1) is 3.57 Å². The minimum Gasteiger partial charge on any atom is -0.459 e. The van der Waals surface area contributed by atoms with Crippen LogP contribution in [0.15, 0.2) is 41.0 Å². The Bertz CT molecular complexity index is 724. The lowest BCUT2D eigenvalue weighted by Crippen LogP contribution is -2.32. The number of rotatable bonds is 5. The summed E-state index contributed by atoms with van der Waals surface area (Å²) in [5, 5.41) is 5.60. The summed E-state index contributed by atoms with van der Waals surface area (Å²) in [5.74, 6) is -0.438. The molecular weight excluding hydrogens is 423 g/mol. The van der Waals surface area contributed by atoms with Crippen molar-refractivity contribution in [3.63, 3.8) is 0 Å². The lowest BCUT2D eigenvalue weighted by molar-refractivity contribution is 0.0858. The molecule has 2 amide bonds. The molecule has 7 heteroatoms. The van der Waals surface area contributed by atoms with Crippen molar-refractivity contribution in [1.29, 1.82) is 0 Å². The zero-order valence-corrected chi connectivity index (χ0v) is 15.0. The topological polar surface area (TPSA) is 80.6 Å². The van der Waals surface area contributed by atoms with Gasteiger partial charge in [0.25, 0.3) is 11.8 Å². The first kappa shape index (κ1) is 17.0. The summed E-state index contributed by atoms with van der Waals surface area (Å²) in [4.78, 5) is 24.6. The Kier molecular flexibility index (Phi) is 5.52. The Morgan fingerprint density at radius 1 is 1.25 bits per heavy atom. The third-order valence-corrected chi connectivity index (χ3v) is 4.40. The van der Waals surface area contributed by atoms with Crippen molar-refractivity contribution in [3.05, 3.63) is 51.5 Å². The second kappa shape index (κ2) is 7.80. The summed E-state index contributed by atoms with van der Waals surface area (Å²) >= 11 is 2.13. The molecule has 1 saturated heterocycles. The lowest BCUT2D eigenvalue weighted by Gasteiger charge is -2.14. The van der Waals surface area contributed by atoms with Crippen LogP contribution in [0.4, 0.5) is 5.69 Å². The van der Waals surface area contributed by atoms with Crippen LogP contribution in [0.2, 0.25) is 0 Å². The Labute approximate surface area is 153 Å². The summed E-state index contributed by atoms with van der Waals surface area (Å²) in [6.07, 6.45) is 3.47. The molecule has 6 nitrogen and oxygen atoms in total. The normalized spacial score (nSPS) is 16.8. The van der Waals surface area contributed by atoms with Crippen molar-refractivity contribution < 1.29 is 18.7 Å². The number of furan rings is 1. The number of benzene rings is 1. The van der Waals surface area contributed by atoms with Gasteiger partial charge >= 0.3 is 0 Å². The van der Waals surface area contributed by atoms with E-state index in [-0.39, 0.29) is 17.8 Å². The molecule has 2 N–H and O–H groups in total. The molecule has 2 heterocycles. The van der Waals surface area contributed by atoms with E-state index in [4.69, 9.17) is 9.15 Å².